The minimum Gasteiger partial charge on any atom is -0.408 e. The normalized spacial score (nSPS) is 11.9. The lowest BCUT2D eigenvalue weighted by molar-refractivity contribution is 0.0566. The van der Waals surface area contributed by atoms with E-state index in [0.29, 0.717) is 11.2 Å². The molecule has 0 atom stereocenters. The number of hydrogen-bond donors (Lipinski definition) is 1. The zero-order valence-corrected chi connectivity index (χ0v) is 12.0. The van der Waals surface area contributed by atoms with E-state index >= 15 is 0 Å². The van der Waals surface area contributed by atoms with Crippen molar-refractivity contribution in [2.75, 3.05) is 25.3 Å². The number of fused-ring (bicyclic) bond motifs is 1. The van der Waals surface area contributed by atoms with Crippen LogP contribution >= 0.6 is 28.3 Å². The van der Waals surface area contributed by atoms with Crippen molar-refractivity contribution in [3.8, 4) is 0 Å². The van der Waals surface area contributed by atoms with Crippen LogP contribution < -0.4 is 10.6 Å². The van der Waals surface area contributed by atoms with Gasteiger partial charge in [-0.1, -0.05) is 0 Å². The smallest absolute Gasteiger partial charge is 0.277 e. The summed E-state index contributed by atoms with van der Waals surface area (Å²) in [6.07, 6.45) is 2.51. The van der Waals surface area contributed by atoms with Crippen molar-refractivity contribution in [2.24, 2.45) is 0 Å². The van der Waals surface area contributed by atoms with Gasteiger partial charge in [0.15, 0.2) is 11.3 Å². The quantitative estimate of drug-likeness (QED) is 0.633. The molecule has 19 heavy (non-hydrogen) atoms. The summed E-state index contributed by atoms with van der Waals surface area (Å²) >= 11 is 10.6. The maximum atomic E-state index is 10.9. The van der Waals surface area contributed by atoms with Gasteiger partial charge in [0.25, 0.3) is 5.85 Å². The van der Waals surface area contributed by atoms with Gasteiger partial charge >= 0.3 is 0 Å². The highest BCUT2D eigenvalue weighted by atomic mass is 35.9. The largest absolute Gasteiger partial charge is 0.408 e. The van der Waals surface area contributed by atoms with E-state index in [0.717, 1.165) is 0 Å². The standard InChI is InChI=1S/C8H10Cl2N5O3P/c9-19(10,16)5-17-1-2-18-15-4-14-6-7(11)12-3-13-8(6)15/h3-4H,1-2,5H2,(H2,11,12,13). The Morgan fingerprint density at radius 3 is 2.84 bits per heavy atom. The van der Waals surface area contributed by atoms with Crippen LogP contribution in [0.4, 0.5) is 5.82 Å². The summed E-state index contributed by atoms with van der Waals surface area (Å²) in [5, 5.41) is 0. The second-order valence-electron chi connectivity index (χ2n) is 3.44. The summed E-state index contributed by atoms with van der Waals surface area (Å²) in [7, 11) is 0. The minimum absolute atomic E-state index is 0.170. The number of rotatable bonds is 6. The van der Waals surface area contributed by atoms with E-state index in [-0.39, 0.29) is 25.4 Å². The Bertz CT molecular complexity index is 615. The number of nitrogens with two attached hydrogens (primary N) is 1. The van der Waals surface area contributed by atoms with Crippen LogP contribution in [0.2, 0.25) is 0 Å². The fraction of sp³-hybridized carbons (Fsp3) is 0.375. The molecule has 2 aromatic rings. The van der Waals surface area contributed by atoms with Gasteiger partial charge in [-0.05, 0) is 22.5 Å². The van der Waals surface area contributed by atoms with Gasteiger partial charge < -0.3 is 15.3 Å². The second-order valence-corrected chi connectivity index (χ2v) is 8.64. The maximum absolute atomic E-state index is 10.9. The maximum Gasteiger partial charge on any atom is 0.277 e. The SMILES string of the molecule is Nc1ncnc2c1ncn2OCCOCP(=O)(Cl)Cl. The number of imidazole rings is 1. The summed E-state index contributed by atoms with van der Waals surface area (Å²) in [6.45, 7) is 0.354. The molecule has 0 saturated heterocycles. The third-order valence-corrected chi connectivity index (χ3v) is 3.10. The molecule has 0 radical (unpaired) electrons. The lowest BCUT2D eigenvalue weighted by atomic mass is 10.5. The van der Waals surface area contributed by atoms with Gasteiger partial charge in [0, 0.05) is 0 Å². The van der Waals surface area contributed by atoms with Crippen LogP contribution in [0.5, 0.6) is 0 Å². The molecule has 2 heterocycles. The first-order chi connectivity index (χ1) is 8.97. The van der Waals surface area contributed by atoms with E-state index < -0.39 is 5.85 Å². The number of ether oxygens (including phenoxy) is 1. The zero-order chi connectivity index (χ0) is 13.9. The Morgan fingerprint density at radius 1 is 1.32 bits per heavy atom. The Balaban J connectivity index is 1.89. The van der Waals surface area contributed by atoms with E-state index in [1.165, 1.54) is 17.4 Å². The van der Waals surface area contributed by atoms with Gasteiger partial charge in [-0.25, -0.2) is 15.0 Å². The second kappa shape index (κ2) is 5.92. The molecule has 104 valence electrons. The van der Waals surface area contributed by atoms with Crippen molar-refractivity contribution in [1.29, 1.82) is 0 Å². The molecule has 0 aliphatic carbocycles. The van der Waals surface area contributed by atoms with Crippen molar-refractivity contribution in [2.45, 2.75) is 0 Å². The number of halogens is 2. The molecule has 2 aromatic heterocycles. The number of anilines is 1. The van der Waals surface area contributed by atoms with E-state index in [2.05, 4.69) is 15.0 Å². The lowest BCUT2D eigenvalue weighted by Crippen LogP contribution is -2.16. The first-order valence-corrected chi connectivity index (χ1v) is 8.80. The number of nitrogen functional groups attached to an aromatic ring is 1. The van der Waals surface area contributed by atoms with Crippen LogP contribution in [0.3, 0.4) is 0 Å². The van der Waals surface area contributed by atoms with Crippen LogP contribution in [0, 0.1) is 0 Å². The van der Waals surface area contributed by atoms with Crippen LogP contribution in [-0.2, 0) is 9.30 Å². The number of hydrogen-bond acceptors (Lipinski definition) is 7. The molecule has 0 aliphatic heterocycles. The molecule has 2 N–H and O–H groups in total. The van der Waals surface area contributed by atoms with Crippen molar-refractivity contribution in [3.05, 3.63) is 12.7 Å². The zero-order valence-electron chi connectivity index (χ0n) is 9.57. The molecule has 0 spiro atoms. The minimum atomic E-state index is -3.20. The summed E-state index contributed by atoms with van der Waals surface area (Å²) in [5.74, 6) is -2.93. The monoisotopic (exact) mass is 325 g/mol. The van der Waals surface area contributed by atoms with Gasteiger partial charge in [-0.3, -0.25) is 4.57 Å². The Morgan fingerprint density at radius 2 is 2.11 bits per heavy atom. The average Bonchev–Trinajstić information content (AvgIpc) is 2.72. The summed E-state index contributed by atoms with van der Waals surface area (Å²) in [6, 6.07) is 0. The fourth-order valence-corrected chi connectivity index (χ4v) is 2.05. The first-order valence-electron chi connectivity index (χ1n) is 5.10. The highest BCUT2D eigenvalue weighted by Gasteiger charge is 2.13. The molecule has 11 heteroatoms. The summed E-state index contributed by atoms with van der Waals surface area (Å²) in [4.78, 5) is 17.2. The van der Waals surface area contributed by atoms with E-state index in [9.17, 15) is 4.57 Å². The third kappa shape index (κ3) is 3.94. The summed E-state index contributed by atoms with van der Waals surface area (Å²) in [5.41, 5.74) is 6.53. The van der Waals surface area contributed by atoms with Crippen LogP contribution in [0.1, 0.15) is 0 Å². The molecule has 0 saturated carbocycles. The van der Waals surface area contributed by atoms with Crippen LogP contribution in [0.25, 0.3) is 11.2 Å². The van der Waals surface area contributed by atoms with Gasteiger partial charge in [0.1, 0.15) is 25.6 Å². The third-order valence-electron chi connectivity index (χ3n) is 2.03. The highest BCUT2D eigenvalue weighted by Crippen LogP contribution is 2.56. The predicted octanol–water partition coefficient (Wildman–Crippen LogP) is 1.48. The number of aromatic nitrogens is 4. The molecular weight excluding hydrogens is 316 g/mol. The average molecular weight is 326 g/mol. The highest BCUT2D eigenvalue weighted by molar-refractivity contribution is 8.08. The van der Waals surface area contributed by atoms with Crippen LogP contribution in [0.15, 0.2) is 12.7 Å². The van der Waals surface area contributed by atoms with Crippen molar-refractivity contribution < 1.29 is 14.1 Å². The molecule has 8 nitrogen and oxygen atoms in total. The topological polar surface area (TPSA) is 105 Å². The fourth-order valence-electron chi connectivity index (χ4n) is 1.29. The lowest BCUT2D eigenvalue weighted by Gasteiger charge is -2.07. The molecule has 0 unspecified atom stereocenters. The van der Waals surface area contributed by atoms with Crippen molar-refractivity contribution >= 4 is 45.3 Å². The van der Waals surface area contributed by atoms with Gasteiger partial charge in [-0.2, -0.15) is 4.73 Å². The Hall–Kier alpha value is -1.08. The molecule has 2 rings (SSSR count). The van der Waals surface area contributed by atoms with E-state index in [1.54, 1.807) is 0 Å². The van der Waals surface area contributed by atoms with Crippen LogP contribution in [-0.4, -0.2) is 39.2 Å². The molecule has 0 aliphatic rings. The number of nitrogens with zero attached hydrogens (tertiary/aromatic N) is 4. The van der Waals surface area contributed by atoms with Gasteiger partial charge in [0.05, 0.1) is 6.61 Å². The molecule has 0 aromatic carbocycles. The predicted molar refractivity (Wildman–Crippen MR) is 71.3 cm³/mol. The van der Waals surface area contributed by atoms with Crippen molar-refractivity contribution in [1.82, 2.24) is 19.7 Å². The molecule has 0 fully saturated rings. The van der Waals surface area contributed by atoms with Gasteiger partial charge in [-0.15, -0.1) is 0 Å². The van der Waals surface area contributed by atoms with E-state index in [4.69, 9.17) is 37.8 Å². The first kappa shape index (κ1) is 14.3. The Kier molecular flexibility index (Phi) is 4.46. The summed E-state index contributed by atoms with van der Waals surface area (Å²) < 4.78 is 17.3. The Labute approximate surface area is 117 Å². The molecular formula is C8H10Cl2N5O3P. The van der Waals surface area contributed by atoms with E-state index in [1.807, 2.05) is 0 Å². The van der Waals surface area contributed by atoms with Crippen molar-refractivity contribution in [3.63, 3.8) is 0 Å². The van der Waals surface area contributed by atoms with Gasteiger partial charge in [0.2, 0.25) is 5.65 Å². The molecule has 0 amide bonds. The molecule has 0 bridgehead atoms.